The van der Waals surface area contributed by atoms with Gasteiger partial charge in [0, 0.05) is 19.1 Å². The Kier molecular flexibility index (Phi) is 6.18. The average molecular weight is 302 g/mol. The van der Waals surface area contributed by atoms with E-state index in [0.717, 1.165) is 38.0 Å². The Bertz CT molecular complexity index is 469. The van der Waals surface area contributed by atoms with Crippen molar-refractivity contribution in [2.24, 2.45) is 0 Å². The van der Waals surface area contributed by atoms with E-state index < -0.39 is 5.60 Å². The van der Waals surface area contributed by atoms with Gasteiger partial charge in [-0.15, -0.1) is 0 Å². The van der Waals surface area contributed by atoms with Crippen LogP contribution in [0.25, 0.3) is 0 Å². The number of nitrogens with zero attached hydrogens (tertiary/aromatic N) is 1. The van der Waals surface area contributed by atoms with Crippen molar-refractivity contribution in [1.82, 2.24) is 10.2 Å². The van der Waals surface area contributed by atoms with Gasteiger partial charge in [0.2, 0.25) is 0 Å². The van der Waals surface area contributed by atoms with Crippen LogP contribution in [0.1, 0.15) is 39.2 Å². The second-order valence-electron chi connectivity index (χ2n) is 6.88. The summed E-state index contributed by atoms with van der Waals surface area (Å²) in [6.45, 7) is 10.1. The number of allylic oxidation sites excluding steroid dienone is 1. The number of nitrogens with one attached hydrogen (secondary N) is 1. The molecular weight excluding hydrogens is 272 g/mol. The molecule has 1 aromatic rings. The van der Waals surface area contributed by atoms with E-state index in [9.17, 15) is 5.11 Å². The summed E-state index contributed by atoms with van der Waals surface area (Å²) >= 11 is 0. The average Bonchev–Trinajstić information content (AvgIpc) is 2.53. The van der Waals surface area contributed by atoms with Crippen molar-refractivity contribution >= 4 is 0 Å². The van der Waals surface area contributed by atoms with Crippen LogP contribution in [-0.4, -0.2) is 42.2 Å². The van der Waals surface area contributed by atoms with Gasteiger partial charge in [-0.2, -0.15) is 0 Å². The summed E-state index contributed by atoms with van der Waals surface area (Å²) in [7, 11) is 0. The van der Waals surface area contributed by atoms with Crippen molar-refractivity contribution in [2.75, 3.05) is 26.2 Å². The fraction of sp³-hybridized carbons (Fsp3) is 0.579. The monoisotopic (exact) mass is 302 g/mol. The summed E-state index contributed by atoms with van der Waals surface area (Å²) in [5.74, 6) is 0. The highest BCUT2D eigenvalue weighted by atomic mass is 16.3. The minimum atomic E-state index is -0.805. The first-order valence-corrected chi connectivity index (χ1v) is 8.34. The zero-order valence-electron chi connectivity index (χ0n) is 14.2. The number of hydrogen-bond donors (Lipinski definition) is 2. The lowest BCUT2D eigenvalue weighted by molar-refractivity contribution is 0.0504. The lowest BCUT2D eigenvalue weighted by Crippen LogP contribution is -2.46. The highest BCUT2D eigenvalue weighted by Gasteiger charge is 2.25. The van der Waals surface area contributed by atoms with Gasteiger partial charge in [-0.25, -0.2) is 0 Å². The molecule has 1 aromatic carbocycles. The molecule has 1 fully saturated rings. The van der Waals surface area contributed by atoms with Crippen molar-refractivity contribution in [1.29, 1.82) is 0 Å². The predicted octanol–water partition coefficient (Wildman–Crippen LogP) is 2.91. The van der Waals surface area contributed by atoms with Gasteiger partial charge in [0.25, 0.3) is 0 Å². The Morgan fingerprint density at radius 1 is 1.27 bits per heavy atom. The van der Waals surface area contributed by atoms with Crippen LogP contribution in [0.4, 0.5) is 0 Å². The molecule has 0 aromatic heterocycles. The third-order valence-corrected chi connectivity index (χ3v) is 4.48. The highest BCUT2D eigenvalue weighted by molar-refractivity contribution is 5.21. The number of piperidine rings is 1. The van der Waals surface area contributed by atoms with Crippen LogP contribution in [-0.2, 0) is 5.60 Å². The number of hydrogen-bond acceptors (Lipinski definition) is 3. The van der Waals surface area contributed by atoms with Crippen LogP contribution in [0.3, 0.4) is 0 Å². The van der Waals surface area contributed by atoms with Gasteiger partial charge in [-0.05, 0) is 52.3 Å². The molecule has 2 rings (SSSR count). The summed E-state index contributed by atoms with van der Waals surface area (Å²) in [4.78, 5) is 2.50. The molecule has 1 unspecified atom stereocenters. The molecule has 2 N–H and O–H groups in total. The summed E-state index contributed by atoms with van der Waals surface area (Å²) < 4.78 is 0. The van der Waals surface area contributed by atoms with E-state index in [1.165, 1.54) is 5.57 Å². The van der Waals surface area contributed by atoms with E-state index in [2.05, 4.69) is 30.1 Å². The maximum atomic E-state index is 10.6. The zero-order valence-corrected chi connectivity index (χ0v) is 14.2. The maximum absolute atomic E-state index is 10.6. The Morgan fingerprint density at radius 2 is 1.91 bits per heavy atom. The highest BCUT2D eigenvalue weighted by Crippen LogP contribution is 2.20. The molecule has 1 atom stereocenters. The first kappa shape index (κ1) is 17.2. The van der Waals surface area contributed by atoms with E-state index in [-0.39, 0.29) is 0 Å². The van der Waals surface area contributed by atoms with Gasteiger partial charge < -0.3 is 10.4 Å². The summed E-state index contributed by atoms with van der Waals surface area (Å²) in [6.07, 6.45) is 4.61. The molecule has 0 aliphatic carbocycles. The molecule has 0 saturated carbocycles. The largest absolute Gasteiger partial charge is 0.384 e. The van der Waals surface area contributed by atoms with Gasteiger partial charge in [-0.3, -0.25) is 4.90 Å². The van der Waals surface area contributed by atoms with Crippen LogP contribution in [0.5, 0.6) is 0 Å². The molecule has 3 nitrogen and oxygen atoms in total. The first-order chi connectivity index (χ1) is 10.5. The van der Waals surface area contributed by atoms with Crippen LogP contribution in [0.2, 0.25) is 0 Å². The van der Waals surface area contributed by atoms with E-state index in [1.807, 2.05) is 37.3 Å². The Balaban J connectivity index is 1.76. The molecule has 3 heteroatoms. The lowest BCUT2D eigenvalue weighted by atomic mass is 9.95. The molecule has 0 amide bonds. The lowest BCUT2D eigenvalue weighted by Gasteiger charge is -2.34. The molecule has 1 saturated heterocycles. The van der Waals surface area contributed by atoms with Crippen LogP contribution in [0, 0.1) is 0 Å². The van der Waals surface area contributed by atoms with Gasteiger partial charge in [0.15, 0.2) is 0 Å². The van der Waals surface area contributed by atoms with Crippen molar-refractivity contribution in [3.8, 4) is 0 Å². The Morgan fingerprint density at radius 3 is 2.50 bits per heavy atom. The van der Waals surface area contributed by atoms with Crippen LogP contribution in [0.15, 0.2) is 42.0 Å². The van der Waals surface area contributed by atoms with Gasteiger partial charge in [0.05, 0.1) is 5.60 Å². The van der Waals surface area contributed by atoms with E-state index in [4.69, 9.17) is 0 Å². The molecular formula is C19H30N2O. The Labute approximate surface area is 135 Å². The molecule has 0 spiro atoms. The van der Waals surface area contributed by atoms with Crippen molar-refractivity contribution in [3.63, 3.8) is 0 Å². The fourth-order valence-corrected chi connectivity index (χ4v) is 2.87. The quantitative estimate of drug-likeness (QED) is 0.793. The van der Waals surface area contributed by atoms with Crippen LogP contribution < -0.4 is 5.32 Å². The summed E-state index contributed by atoms with van der Waals surface area (Å²) in [6, 6.07) is 10.4. The molecule has 122 valence electrons. The second kappa shape index (κ2) is 7.91. The third kappa shape index (κ3) is 5.24. The zero-order chi connectivity index (χ0) is 16.0. The smallest absolute Gasteiger partial charge is 0.0992 e. The number of benzene rings is 1. The molecule has 1 aliphatic rings. The summed E-state index contributed by atoms with van der Waals surface area (Å²) in [5, 5.41) is 14.2. The van der Waals surface area contributed by atoms with Gasteiger partial charge >= 0.3 is 0 Å². The van der Waals surface area contributed by atoms with Gasteiger partial charge in [-0.1, -0.05) is 42.0 Å². The third-order valence-electron chi connectivity index (χ3n) is 4.48. The normalized spacial score (nSPS) is 19.6. The second-order valence-corrected chi connectivity index (χ2v) is 6.88. The molecule has 1 aliphatic heterocycles. The SMILES string of the molecule is CC(C)=CCN1CCC(NCC(C)(O)c2ccccc2)CC1. The molecule has 0 bridgehead atoms. The van der Waals surface area contributed by atoms with E-state index in [0.29, 0.717) is 12.6 Å². The fourth-order valence-electron chi connectivity index (χ4n) is 2.87. The van der Waals surface area contributed by atoms with Crippen molar-refractivity contribution in [3.05, 3.63) is 47.5 Å². The number of likely N-dealkylation sites (tertiary alicyclic amines) is 1. The topological polar surface area (TPSA) is 35.5 Å². The standard InChI is InChI=1S/C19H30N2O/c1-16(2)9-12-21-13-10-18(11-14-21)20-15-19(3,22)17-7-5-4-6-8-17/h4-9,18,20,22H,10-15H2,1-3H3. The molecule has 0 radical (unpaired) electrons. The molecule has 1 heterocycles. The van der Waals surface area contributed by atoms with E-state index in [1.54, 1.807) is 0 Å². The van der Waals surface area contributed by atoms with E-state index >= 15 is 0 Å². The molecule has 22 heavy (non-hydrogen) atoms. The minimum Gasteiger partial charge on any atom is -0.384 e. The first-order valence-electron chi connectivity index (χ1n) is 8.34. The van der Waals surface area contributed by atoms with Crippen molar-refractivity contribution in [2.45, 2.75) is 45.3 Å². The van der Waals surface area contributed by atoms with Crippen LogP contribution >= 0.6 is 0 Å². The van der Waals surface area contributed by atoms with Gasteiger partial charge in [0.1, 0.15) is 0 Å². The summed E-state index contributed by atoms with van der Waals surface area (Å²) in [5.41, 5.74) is 1.56. The maximum Gasteiger partial charge on any atom is 0.0992 e. The van der Waals surface area contributed by atoms with Crippen molar-refractivity contribution < 1.29 is 5.11 Å². The predicted molar refractivity (Wildman–Crippen MR) is 92.9 cm³/mol. The number of rotatable bonds is 6. The Hall–Kier alpha value is -1.16. The minimum absolute atomic E-state index is 0.512. The number of aliphatic hydroxyl groups is 1.